The Morgan fingerprint density at radius 3 is 2.75 bits per heavy atom. The van der Waals surface area contributed by atoms with Crippen molar-refractivity contribution < 1.29 is 0 Å². The van der Waals surface area contributed by atoms with Gasteiger partial charge in [-0.1, -0.05) is 20.3 Å². The Bertz CT molecular complexity index is 194. The molecule has 1 heterocycles. The molecule has 1 saturated heterocycles. The van der Waals surface area contributed by atoms with Gasteiger partial charge in [0.15, 0.2) is 0 Å². The van der Waals surface area contributed by atoms with Gasteiger partial charge in [-0.25, -0.2) is 0 Å². The zero-order chi connectivity index (χ0) is 12.0. The lowest BCUT2D eigenvalue weighted by Crippen LogP contribution is -2.39. The fourth-order valence-electron chi connectivity index (χ4n) is 2.25. The highest BCUT2D eigenvalue weighted by molar-refractivity contribution is 6.18. The van der Waals surface area contributed by atoms with E-state index in [1.165, 1.54) is 32.2 Å². The summed E-state index contributed by atoms with van der Waals surface area (Å²) in [6, 6.07) is 0.792. The zero-order valence-electron chi connectivity index (χ0n) is 11.1. The van der Waals surface area contributed by atoms with Crippen LogP contribution in [0.15, 0.2) is 0 Å². The Morgan fingerprint density at radius 2 is 2.12 bits per heavy atom. The summed E-state index contributed by atoms with van der Waals surface area (Å²) in [5.74, 6) is 0.726. The molecule has 0 aromatic carbocycles. The number of hydrogen-bond acceptors (Lipinski definition) is 2. The largest absolute Gasteiger partial charge is 0.316 e. The fraction of sp³-hybridized carbons (Fsp3) is 1.00. The molecule has 0 bridgehead atoms. The quantitative estimate of drug-likeness (QED) is 0.573. The summed E-state index contributed by atoms with van der Waals surface area (Å²) in [5, 5.41) is 3.53. The summed E-state index contributed by atoms with van der Waals surface area (Å²) in [6.07, 6.45) is 5.42. The molecule has 0 aromatic heterocycles. The molecule has 0 radical (unpaired) electrons. The van der Waals surface area contributed by atoms with E-state index in [0.29, 0.717) is 0 Å². The third-order valence-corrected chi connectivity index (χ3v) is 4.26. The van der Waals surface area contributed by atoms with E-state index in [0.717, 1.165) is 25.0 Å². The van der Waals surface area contributed by atoms with Crippen molar-refractivity contribution in [3.63, 3.8) is 0 Å². The smallest absolute Gasteiger partial charge is 0.0286 e. The van der Waals surface area contributed by atoms with Crippen LogP contribution in [0.2, 0.25) is 0 Å². The van der Waals surface area contributed by atoms with E-state index in [-0.39, 0.29) is 5.41 Å². The van der Waals surface area contributed by atoms with Crippen LogP contribution >= 0.6 is 11.6 Å². The Kier molecular flexibility index (Phi) is 6.09. The summed E-state index contributed by atoms with van der Waals surface area (Å²) < 4.78 is 0. The Balaban J connectivity index is 2.10. The molecular weight excluding hydrogens is 220 g/mol. The average molecular weight is 247 g/mol. The Labute approximate surface area is 106 Å². The van der Waals surface area contributed by atoms with E-state index >= 15 is 0 Å². The van der Waals surface area contributed by atoms with Crippen molar-refractivity contribution >= 4 is 11.6 Å². The first-order chi connectivity index (χ1) is 7.55. The summed E-state index contributed by atoms with van der Waals surface area (Å²) in [7, 11) is 2.26. The van der Waals surface area contributed by atoms with Crippen LogP contribution in [-0.4, -0.2) is 43.5 Å². The monoisotopic (exact) mass is 246 g/mol. The normalized spacial score (nSPS) is 23.6. The molecule has 1 fully saturated rings. The van der Waals surface area contributed by atoms with Crippen LogP contribution in [-0.2, 0) is 0 Å². The van der Waals surface area contributed by atoms with Gasteiger partial charge < -0.3 is 10.2 Å². The number of likely N-dealkylation sites (tertiary alicyclic amines) is 1. The lowest BCUT2D eigenvalue weighted by molar-refractivity contribution is 0.174. The molecule has 3 heteroatoms. The SMILES string of the molecule is CN1CCCCC1CCNCC(C)(C)CCl. The molecule has 0 amide bonds. The van der Waals surface area contributed by atoms with Crippen LogP contribution in [0, 0.1) is 5.41 Å². The molecular formula is C13H27ClN2. The maximum atomic E-state index is 5.90. The van der Waals surface area contributed by atoms with Crippen LogP contribution in [0.25, 0.3) is 0 Å². The number of nitrogens with one attached hydrogen (secondary N) is 1. The van der Waals surface area contributed by atoms with Gasteiger partial charge in [-0.15, -0.1) is 11.6 Å². The van der Waals surface area contributed by atoms with Gasteiger partial charge >= 0.3 is 0 Å². The second-order valence-corrected chi connectivity index (χ2v) is 6.16. The predicted octanol–water partition coefficient (Wildman–Crippen LogP) is 2.72. The van der Waals surface area contributed by atoms with E-state index in [1.807, 2.05) is 0 Å². The van der Waals surface area contributed by atoms with Gasteiger partial charge in [0.25, 0.3) is 0 Å². The number of piperidine rings is 1. The standard InChI is InChI=1S/C13H27ClN2/c1-13(2,10-14)11-15-8-7-12-6-4-5-9-16(12)3/h12,15H,4-11H2,1-3H3. The number of hydrogen-bond donors (Lipinski definition) is 1. The topological polar surface area (TPSA) is 15.3 Å². The van der Waals surface area contributed by atoms with Gasteiger partial charge in [0, 0.05) is 18.5 Å². The van der Waals surface area contributed by atoms with Crippen molar-refractivity contribution in [1.29, 1.82) is 0 Å². The van der Waals surface area contributed by atoms with E-state index in [9.17, 15) is 0 Å². The summed E-state index contributed by atoms with van der Waals surface area (Å²) in [6.45, 7) is 7.83. The van der Waals surface area contributed by atoms with E-state index in [1.54, 1.807) is 0 Å². The van der Waals surface area contributed by atoms with Gasteiger partial charge in [-0.05, 0) is 44.8 Å². The number of alkyl halides is 1. The molecule has 1 atom stereocenters. The first-order valence-electron chi connectivity index (χ1n) is 6.52. The maximum Gasteiger partial charge on any atom is 0.0286 e. The highest BCUT2D eigenvalue weighted by atomic mass is 35.5. The van der Waals surface area contributed by atoms with Crippen molar-refractivity contribution in [2.45, 2.75) is 45.6 Å². The van der Waals surface area contributed by atoms with E-state index in [4.69, 9.17) is 11.6 Å². The molecule has 0 aromatic rings. The predicted molar refractivity (Wildman–Crippen MR) is 72.3 cm³/mol. The molecule has 1 aliphatic rings. The number of nitrogens with zero attached hydrogens (tertiary/aromatic N) is 1. The molecule has 16 heavy (non-hydrogen) atoms. The molecule has 2 nitrogen and oxygen atoms in total. The minimum absolute atomic E-state index is 0.222. The van der Waals surface area contributed by atoms with Gasteiger partial charge in [0.05, 0.1) is 0 Å². The zero-order valence-corrected chi connectivity index (χ0v) is 11.8. The Morgan fingerprint density at radius 1 is 1.38 bits per heavy atom. The first-order valence-corrected chi connectivity index (χ1v) is 7.05. The van der Waals surface area contributed by atoms with Crippen LogP contribution in [0.3, 0.4) is 0 Å². The maximum absolute atomic E-state index is 5.90. The van der Waals surface area contributed by atoms with Crippen LogP contribution < -0.4 is 5.32 Å². The van der Waals surface area contributed by atoms with Crippen LogP contribution in [0.1, 0.15) is 39.5 Å². The fourth-order valence-corrected chi connectivity index (χ4v) is 2.35. The summed E-state index contributed by atoms with van der Waals surface area (Å²) in [4.78, 5) is 2.51. The molecule has 96 valence electrons. The van der Waals surface area contributed by atoms with Gasteiger partial charge in [-0.3, -0.25) is 0 Å². The average Bonchev–Trinajstić information content (AvgIpc) is 2.27. The van der Waals surface area contributed by atoms with E-state index < -0.39 is 0 Å². The molecule has 1 N–H and O–H groups in total. The molecule has 1 unspecified atom stereocenters. The van der Waals surface area contributed by atoms with Crippen molar-refractivity contribution in [3.05, 3.63) is 0 Å². The molecule has 0 spiro atoms. The third-order valence-electron chi connectivity index (χ3n) is 3.54. The van der Waals surface area contributed by atoms with Crippen molar-refractivity contribution in [2.75, 3.05) is 32.6 Å². The second-order valence-electron chi connectivity index (χ2n) is 5.89. The van der Waals surface area contributed by atoms with Crippen molar-refractivity contribution in [3.8, 4) is 0 Å². The molecule has 0 aliphatic carbocycles. The summed E-state index contributed by atoms with van der Waals surface area (Å²) >= 11 is 5.90. The van der Waals surface area contributed by atoms with Gasteiger partial charge in [0.1, 0.15) is 0 Å². The minimum Gasteiger partial charge on any atom is -0.316 e. The van der Waals surface area contributed by atoms with Crippen molar-refractivity contribution in [2.24, 2.45) is 5.41 Å². The number of rotatable bonds is 6. The minimum atomic E-state index is 0.222. The second kappa shape index (κ2) is 6.83. The van der Waals surface area contributed by atoms with Crippen molar-refractivity contribution in [1.82, 2.24) is 10.2 Å². The highest BCUT2D eigenvalue weighted by Gasteiger charge is 2.19. The third kappa shape index (κ3) is 5.03. The lowest BCUT2D eigenvalue weighted by atomic mass is 9.96. The molecule has 1 aliphatic heterocycles. The highest BCUT2D eigenvalue weighted by Crippen LogP contribution is 2.18. The van der Waals surface area contributed by atoms with E-state index in [2.05, 4.69) is 31.1 Å². The number of halogens is 1. The van der Waals surface area contributed by atoms with Gasteiger partial charge in [0.2, 0.25) is 0 Å². The van der Waals surface area contributed by atoms with Gasteiger partial charge in [-0.2, -0.15) is 0 Å². The molecule has 1 rings (SSSR count). The Hall–Kier alpha value is 0.210. The molecule has 0 saturated carbocycles. The van der Waals surface area contributed by atoms with Crippen LogP contribution in [0.5, 0.6) is 0 Å². The lowest BCUT2D eigenvalue weighted by Gasteiger charge is -2.33. The van der Waals surface area contributed by atoms with Crippen LogP contribution in [0.4, 0.5) is 0 Å². The first kappa shape index (κ1) is 14.3. The summed E-state index contributed by atoms with van der Waals surface area (Å²) in [5.41, 5.74) is 0.222.